The van der Waals surface area contributed by atoms with Gasteiger partial charge in [-0.15, -0.1) is 0 Å². The van der Waals surface area contributed by atoms with E-state index in [1.54, 1.807) is 12.1 Å². The van der Waals surface area contributed by atoms with Crippen LogP contribution in [-0.2, 0) is 10.0 Å². The van der Waals surface area contributed by atoms with E-state index in [4.69, 9.17) is 10.8 Å². The molecule has 1 aromatic heterocycles. The van der Waals surface area contributed by atoms with Crippen molar-refractivity contribution in [2.24, 2.45) is 5.73 Å². The van der Waals surface area contributed by atoms with Gasteiger partial charge in [-0.05, 0) is 12.1 Å². The smallest absolute Gasteiger partial charge is 0.258 e. The van der Waals surface area contributed by atoms with E-state index < -0.39 is 16.1 Å². The highest BCUT2D eigenvalue weighted by atomic mass is 32.2. The maximum Gasteiger partial charge on any atom is 0.258 e. The third kappa shape index (κ3) is 3.56. The number of hydrogen-bond donors (Lipinski definition) is 3. The van der Waals surface area contributed by atoms with E-state index in [9.17, 15) is 8.42 Å². The molecule has 6 nitrogen and oxygen atoms in total. The van der Waals surface area contributed by atoms with Gasteiger partial charge in [0.05, 0.1) is 6.10 Å². The topological polar surface area (TPSA) is 105 Å². The van der Waals surface area contributed by atoms with Crippen LogP contribution in [-0.4, -0.2) is 37.7 Å². The average molecular weight is 231 g/mol. The Morgan fingerprint density at radius 3 is 2.80 bits per heavy atom. The lowest BCUT2D eigenvalue weighted by Gasteiger charge is -2.09. The zero-order chi connectivity index (χ0) is 11.3. The molecule has 0 saturated carbocycles. The molecule has 0 radical (unpaired) electrons. The first-order valence-corrected chi connectivity index (χ1v) is 5.83. The van der Waals surface area contributed by atoms with Gasteiger partial charge in [-0.2, -0.15) is 0 Å². The molecule has 1 aromatic rings. The Hall–Kier alpha value is -1.02. The lowest BCUT2D eigenvalue weighted by atomic mass is 10.4. The molecule has 1 atom stereocenters. The number of pyridine rings is 1. The molecule has 1 rings (SSSR count). The molecule has 84 valence electrons. The molecule has 0 spiro atoms. The Balaban J connectivity index is 2.69. The number of rotatable bonds is 5. The summed E-state index contributed by atoms with van der Waals surface area (Å²) < 4.78 is 25.3. The van der Waals surface area contributed by atoms with Gasteiger partial charge in [-0.1, -0.05) is 6.07 Å². The van der Waals surface area contributed by atoms with Gasteiger partial charge in [0.15, 0.2) is 5.03 Å². The number of nitrogens with two attached hydrogens (primary N) is 1. The van der Waals surface area contributed by atoms with Crippen LogP contribution in [0, 0.1) is 0 Å². The van der Waals surface area contributed by atoms with Gasteiger partial charge in [0.2, 0.25) is 0 Å². The van der Waals surface area contributed by atoms with Gasteiger partial charge in [-0.3, -0.25) is 0 Å². The van der Waals surface area contributed by atoms with Crippen molar-refractivity contribution >= 4 is 10.0 Å². The van der Waals surface area contributed by atoms with Crippen molar-refractivity contribution in [2.45, 2.75) is 11.1 Å². The summed E-state index contributed by atoms with van der Waals surface area (Å²) in [5.74, 6) is 0. The minimum atomic E-state index is -3.64. The van der Waals surface area contributed by atoms with Crippen LogP contribution >= 0.6 is 0 Å². The number of aromatic nitrogens is 1. The molecule has 0 bridgehead atoms. The van der Waals surface area contributed by atoms with Crippen LogP contribution in [0.1, 0.15) is 0 Å². The molecular formula is C8H13N3O3S. The first-order valence-electron chi connectivity index (χ1n) is 4.35. The molecule has 0 aliphatic heterocycles. The fourth-order valence-electron chi connectivity index (χ4n) is 0.869. The molecule has 0 aliphatic rings. The summed E-state index contributed by atoms with van der Waals surface area (Å²) in [6.45, 7) is -0.111. The number of aliphatic hydroxyl groups is 1. The van der Waals surface area contributed by atoms with Crippen molar-refractivity contribution in [3.63, 3.8) is 0 Å². The van der Waals surface area contributed by atoms with Crippen molar-refractivity contribution in [1.82, 2.24) is 9.71 Å². The maximum absolute atomic E-state index is 11.5. The molecule has 1 unspecified atom stereocenters. The van der Waals surface area contributed by atoms with Crippen molar-refractivity contribution in [1.29, 1.82) is 0 Å². The molecule has 4 N–H and O–H groups in total. The molecule has 0 amide bonds. The molecule has 0 fully saturated rings. The van der Waals surface area contributed by atoms with Gasteiger partial charge in [0, 0.05) is 19.3 Å². The van der Waals surface area contributed by atoms with E-state index in [1.165, 1.54) is 12.3 Å². The first kappa shape index (κ1) is 12.1. The van der Waals surface area contributed by atoms with E-state index >= 15 is 0 Å². The highest BCUT2D eigenvalue weighted by Crippen LogP contribution is 2.02. The summed E-state index contributed by atoms with van der Waals surface area (Å²) in [5, 5.41) is 9.02. The summed E-state index contributed by atoms with van der Waals surface area (Å²) in [7, 11) is -3.64. The third-order valence-corrected chi connectivity index (χ3v) is 3.03. The van der Waals surface area contributed by atoms with Crippen LogP contribution in [0.2, 0.25) is 0 Å². The Kier molecular flexibility index (Phi) is 4.15. The van der Waals surface area contributed by atoms with Crippen molar-refractivity contribution < 1.29 is 13.5 Å². The van der Waals surface area contributed by atoms with Gasteiger partial charge in [0.25, 0.3) is 10.0 Å². The zero-order valence-electron chi connectivity index (χ0n) is 8.00. The monoisotopic (exact) mass is 231 g/mol. The van der Waals surface area contributed by atoms with Gasteiger partial charge in [0.1, 0.15) is 0 Å². The highest BCUT2D eigenvalue weighted by Gasteiger charge is 2.15. The van der Waals surface area contributed by atoms with Crippen LogP contribution in [0.4, 0.5) is 0 Å². The highest BCUT2D eigenvalue weighted by molar-refractivity contribution is 7.89. The standard InChI is InChI=1S/C8H13N3O3S/c9-5-7(12)6-11-15(13,14)8-3-1-2-4-10-8/h1-4,7,11-12H,5-6,9H2. The quantitative estimate of drug-likeness (QED) is 0.583. The van der Waals surface area contributed by atoms with E-state index in [0.717, 1.165) is 0 Å². The van der Waals surface area contributed by atoms with Crippen LogP contribution in [0.25, 0.3) is 0 Å². The lowest BCUT2D eigenvalue weighted by molar-refractivity contribution is 0.186. The van der Waals surface area contributed by atoms with E-state index in [0.29, 0.717) is 0 Å². The van der Waals surface area contributed by atoms with Crippen molar-refractivity contribution in [3.8, 4) is 0 Å². The number of sulfonamides is 1. The molecule has 1 heterocycles. The minimum Gasteiger partial charge on any atom is -0.390 e. The van der Waals surface area contributed by atoms with Crippen LogP contribution < -0.4 is 10.5 Å². The summed E-state index contributed by atoms with van der Waals surface area (Å²) in [4.78, 5) is 3.69. The summed E-state index contributed by atoms with van der Waals surface area (Å²) in [5.41, 5.74) is 5.14. The molecular weight excluding hydrogens is 218 g/mol. The van der Waals surface area contributed by atoms with Crippen molar-refractivity contribution in [3.05, 3.63) is 24.4 Å². The average Bonchev–Trinajstić information content (AvgIpc) is 2.27. The first-order chi connectivity index (χ1) is 7.06. The predicted molar refractivity (Wildman–Crippen MR) is 54.5 cm³/mol. The fourth-order valence-corrected chi connectivity index (χ4v) is 1.89. The number of hydrogen-bond acceptors (Lipinski definition) is 5. The summed E-state index contributed by atoms with van der Waals surface area (Å²) >= 11 is 0. The van der Waals surface area contributed by atoms with Crippen molar-refractivity contribution in [2.75, 3.05) is 13.1 Å². The summed E-state index contributed by atoms with van der Waals surface area (Å²) in [6, 6.07) is 4.56. The molecule has 7 heteroatoms. The molecule has 0 aliphatic carbocycles. The lowest BCUT2D eigenvalue weighted by Crippen LogP contribution is -2.36. The van der Waals surface area contributed by atoms with Gasteiger partial charge < -0.3 is 10.8 Å². The Labute approximate surface area is 88.2 Å². The Morgan fingerprint density at radius 1 is 1.53 bits per heavy atom. The second-order valence-corrected chi connectivity index (χ2v) is 4.62. The van der Waals surface area contributed by atoms with E-state index in [-0.39, 0.29) is 18.1 Å². The number of aliphatic hydroxyl groups excluding tert-OH is 1. The molecule has 0 aromatic carbocycles. The number of nitrogens with one attached hydrogen (secondary N) is 1. The summed E-state index contributed by atoms with van der Waals surface area (Å²) in [6.07, 6.45) is 0.497. The second kappa shape index (κ2) is 5.17. The van der Waals surface area contributed by atoms with Gasteiger partial charge in [-0.25, -0.2) is 18.1 Å². The number of nitrogens with zero attached hydrogens (tertiary/aromatic N) is 1. The maximum atomic E-state index is 11.5. The Bertz CT molecular complexity index is 393. The van der Waals surface area contributed by atoms with Crippen LogP contribution in [0.5, 0.6) is 0 Å². The van der Waals surface area contributed by atoms with Crippen LogP contribution in [0.15, 0.2) is 29.4 Å². The van der Waals surface area contributed by atoms with Gasteiger partial charge >= 0.3 is 0 Å². The minimum absolute atomic E-state index is 0.00470. The second-order valence-electron chi connectivity index (χ2n) is 2.91. The molecule has 15 heavy (non-hydrogen) atoms. The normalized spacial score (nSPS) is 13.7. The third-order valence-electron chi connectivity index (χ3n) is 1.69. The fraction of sp³-hybridized carbons (Fsp3) is 0.375. The predicted octanol–water partition coefficient (Wildman–Crippen LogP) is -1.32. The molecule has 0 saturated heterocycles. The largest absolute Gasteiger partial charge is 0.390 e. The Morgan fingerprint density at radius 2 is 2.27 bits per heavy atom. The van der Waals surface area contributed by atoms with Crippen LogP contribution in [0.3, 0.4) is 0 Å². The SMILES string of the molecule is NCC(O)CNS(=O)(=O)c1ccccn1. The van der Waals surface area contributed by atoms with E-state index in [2.05, 4.69) is 9.71 Å². The van der Waals surface area contributed by atoms with E-state index in [1.807, 2.05) is 0 Å². The zero-order valence-corrected chi connectivity index (χ0v) is 8.81.